The molecule has 5 heteroatoms. The quantitative estimate of drug-likeness (QED) is 0.839. The third kappa shape index (κ3) is 2.82. The average molecular weight is 306 g/mol. The van der Waals surface area contributed by atoms with Crippen LogP contribution < -0.4 is 0 Å². The van der Waals surface area contributed by atoms with Crippen molar-refractivity contribution < 1.29 is 14.7 Å². The second kappa shape index (κ2) is 5.88. The summed E-state index contributed by atoms with van der Waals surface area (Å²) in [5, 5.41) is 10.3. The summed E-state index contributed by atoms with van der Waals surface area (Å²) in [6.07, 6.45) is 2.32. The molecule has 1 fully saturated rings. The van der Waals surface area contributed by atoms with Crippen molar-refractivity contribution in [3.63, 3.8) is 0 Å². The number of H-pyrrole nitrogens is 1. The number of hydrogen-bond donors (Lipinski definition) is 2. The van der Waals surface area contributed by atoms with Crippen LogP contribution >= 0.6 is 0 Å². The Hall–Kier alpha value is -1.62. The van der Waals surface area contributed by atoms with E-state index in [0.29, 0.717) is 24.2 Å². The molecule has 2 rings (SSSR count). The maximum Gasteiger partial charge on any atom is 0.270 e. The molecular weight excluding hydrogens is 280 g/mol. The molecule has 1 aromatic rings. The number of aryl methyl sites for hydroxylation is 1. The highest BCUT2D eigenvalue weighted by atomic mass is 16.3. The Morgan fingerprint density at radius 2 is 2.05 bits per heavy atom. The van der Waals surface area contributed by atoms with E-state index < -0.39 is 5.60 Å². The van der Waals surface area contributed by atoms with Crippen molar-refractivity contribution in [2.24, 2.45) is 0 Å². The molecule has 1 saturated heterocycles. The topological polar surface area (TPSA) is 73.4 Å². The summed E-state index contributed by atoms with van der Waals surface area (Å²) in [6.45, 7) is 9.42. The van der Waals surface area contributed by atoms with Crippen LogP contribution in [0.2, 0.25) is 0 Å². The summed E-state index contributed by atoms with van der Waals surface area (Å²) in [4.78, 5) is 29.6. The minimum atomic E-state index is -0.927. The summed E-state index contributed by atoms with van der Waals surface area (Å²) >= 11 is 0. The maximum atomic E-state index is 12.9. The summed E-state index contributed by atoms with van der Waals surface area (Å²) in [7, 11) is 0. The van der Waals surface area contributed by atoms with Crippen LogP contribution in [0.4, 0.5) is 0 Å². The number of aromatic nitrogens is 1. The van der Waals surface area contributed by atoms with Gasteiger partial charge in [0.05, 0.1) is 11.6 Å². The lowest BCUT2D eigenvalue weighted by Gasteiger charge is -2.33. The molecule has 1 aromatic heterocycles. The Kier molecular flexibility index (Phi) is 4.47. The molecule has 0 radical (unpaired) electrons. The molecule has 2 N–H and O–H groups in total. The zero-order valence-electron chi connectivity index (χ0n) is 14.1. The van der Waals surface area contributed by atoms with Crippen LogP contribution in [-0.4, -0.2) is 44.9 Å². The molecule has 22 heavy (non-hydrogen) atoms. The Morgan fingerprint density at radius 3 is 2.55 bits per heavy atom. The molecule has 0 aromatic carbocycles. The Balaban J connectivity index is 2.42. The second-order valence-corrected chi connectivity index (χ2v) is 6.70. The van der Waals surface area contributed by atoms with Gasteiger partial charge < -0.3 is 15.0 Å². The molecular formula is C17H26N2O3. The Bertz CT molecular complexity index is 596. The van der Waals surface area contributed by atoms with Gasteiger partial charge in [-0.05, 0) is 52.5 Å². The van der Waals surface area contributed by atoms with E-state index in [-0.39, 0.29) is 17.7 Å². The first-order valence-electron chi connectivity index (χ1n) is 7.94. The molecule has 1 atom stereocenters. The van der Waals surface area contributed by atoms with Crippen molar-refractivity contribution in [2.75, 3.05) is 6.54 Å². The van der Waals surface area contributed by atoms with Crippen LogP contribution in [0.5, 0.6) is 0 Å². The molecule has 122 valence electrons. The standard InChI is InChI=1S/C17H26N2O3/c1-6-12-14(11(3)20)10(2)18-15(12)16(21)19-9-7-8-13(19)17(4,5)22/h13,18,22H,6-9H2,1-5H3. The number of hydrogen-bond acceptors (Lipinski definition) is 3. The molecule has 1 aliphatic rings. The summed E-state index contributed by atoms with van der Waals surface area (Å²) in [5.41, 5.74) is 1.73. The molecule has 1 unspecified atom stereocenters. The molecule has 1 amide bonds. The first-order valence-corrected chi connectivity index (χ1v) is 7.94. The van der Waals surface area contributed by atoms with Crippen LogP contribution in [0, 0.1) is 6.92 Å². The fraction of sp³-hybridized carbons (Fsp3) is 0.647. The van der Waals surface area contributed by atoms with E-state index in [4.69, 9.17) is 0 Å². The van der Waals surface area contributed by atoms with Crippen LogP contribution in [0.15, 0.2) is 0 Å². The summed E-state index contributed by atoms with van der Waals surface area (Å²) < 4.78 is 0. The van der Waals surface area contributed by atoms with Crippen molar-refractivity contribution in [1.82, 2.24) is 9.88 Å². The number of nitrogens with zero attached hydrogens (tertiary/aromatic N) is 1. The van der Waals surface area contributed by atoms with Gasteiger partial charge in [-0.2, -0.15) is 0 Å². The number of nitrogens with one attached hydrogen (secondary N) is 1. The number of rotatable bonds is 4. The van der Waals surface area contributed by atoms with E-state index >= 15 is 0 Å². The van der Waals surface area contributed by atoms with Gasteiger partial charge in [-0.1, -0.05) is 6.92 Å². The van der Waals surface area contributed by atoms with Crippen molar-refractivity contribution in [1.29, 1.82) is 0 Å². The molecule has 0 aliphatic carbocycles. The van der Waals surface area contributed by atoms with Gasteiger partial charge in [0.25, 0.3) is 5.91 Å². The van der Waals surface area contributed by atoms with Gasteiger partial charge in [0.2, 0.25) is 0 Å². The first-order chi connectivity index (χ1) is 10.2. The number of amides is 1. The third-order valence-electron chi connectivity index (χ3n) is 4.54. The molecule has 2 heterocycles. The lowest BCUT2D eigenvalue weighted by Crippen LogP contribution is -2.48. The highest BCUT2D eigenvalue weighted by molar-refractivity contribution is 6.02. The summed E-state index contributed by atoms with van der Waals surface area (Å²) in [6, 6.07) is -0.186. The zero-order chi connectivity index (χ0) is 16.7. The lowest BCUT2D eigenvalue weighted by atomic mass is 9.96. The van der Waals surface area contributed by atoms with Crippen molar-refractivity contribution in [3.8, 4) is 0 Å². The second-order valence-electron chi connectivity index (χ2n) is 6.70. The fourth-order valence-electron chi connectivity index (χ4n) is 3.58. The Morgan fingerprint density at radius 1 is 1.41 bits per heavy atom. The van der Waals surface area contributed by atoms with E-state index in [1.54, 1.807) is 18.7 Å². The van der Waals surface area contributed by atoms with Crippen molar-refractivity contribution in [2.45, 2.75) is 65.5 Å². The van der Waals surface area contributed by atoms with Gasteiger partial charge in [-0.3, -0.25) is 9.59 Å². The Labute approximate surface area is 131 Å². The first kappa shape index (κ1) is 16.7. The molecule has 5 nitrogen and oxygen atoms in total. The van der Waals surface area contributed by atoms with E-state index in [0.717, 1.165) is 24.1 Å². The van der Waals surface area contributed by atoms with Crippen LogP contribution in [-0.2, 0) is 6.42 Å². The van der Waals surface area contributed by atoms with Crippen LogP contribution in [0.25, 0.3) is 0 Å². The number of carbonyl (C=O) groups is 2. The van der Waals surface area contributed by atoms with Crippen LogP contribution in [0.3, 0.4) is 0 Å². The summed E-state index contributed by atoms with van der Waals surface area (Å²) in [5.74, 6) is -0.137. The monoisotopic (exact) mass is 306 g/mol. The van der Waals surface area contributed by atoms with E-state index in [1.165, 1.54) is 6.92 Å². The maximum absolute atomic E-state index is 12.9. The highest BCUT2D eigenvalue weighted by Gasteiger charge is 2.40. The SMILES string of the molecule is CCc1c(C(=O)N2CCCC2C(C)(C)O)[nH]c(C)c1C(C)=O. The lowest BCUT2D eigenvalue weighted by molar-refractivity contribution is 0.0000970. The fourth-order valence-corrected chi connectivity index (χ4v) is 3.58. The van der Waals surface area contributed by atoms with Gasteiger partial charge in [0.1, 0.15) is 5.69 Å². The van der Waals surface area contributed by atoms with Crippen LogP contribution in [0.1, 0.15) is 72.6 Å². The molecule has 1 aliphatic heterocycles. The number of likely N-dealkylation sites (tertiary alicyclic amines) is 1. The minimum absolute atomic E-state index is 0.0230. The number of aliphatic hydroxyl groups is 1. The van der Waals surface area contributed by atoms with Gasteiger partial charge in [0.15, 0.2) is 5.78 Å². The van der Waals surface area contributed by atoms with Gasteiger partial charge in [-0.15, -0.1) is 0 Å². The molecule has 0 bridgehead atoms. The normalized spacial score (nSPS) is 18.8. The number of aromatic amines is 1. The van der Waals surface area contributed by atoms with Crippen molar-refractivity contribution >= 4 is 11.7 Å². The number of carbonyl (C=O) groups excluding carboxylic acids is 2. The smallest absolute Gasteiger partial charge is 0.270 e. The predicted octanol–water partition coefficient (Wildman–Crippen LogP) is 2.46. The van der Waals surface area contributed by atoms with Gasteiger partial charge in [0, 0.05) is 17.8 Å². The molecule has 0 spiro atoms. The zero-order valence-corrected chi connectivity index (χ0v) is 14.1. The van der Waals surface area contributed by atoms with E-state index in [1.807, 2.05) is 13.8 Å². The largest absolute Gasteiger partial charge is 0.388 e. The third-order valence-corrected chi connectivity index (χ3v) is 4.54. The van der Waals surface area contributed by atoms with Gasteiger partial charge >= 0.3 is 0 Å². The van der Waals surface area contributed by atoms with E-state index in [9.17, 15) is 14.7 Å². The average Bonchev–Trinajstić information content (AvgIpc) is 3.00. The highest BCUT2D eigenvalue weighted by Crippen LogP contribution is 2.30. The number of Topliss-reactive ketones (excluding diaryl/α,β-unsaturated/α-hetero) is 1. The molecule has 0 saturated carbocycles. The van der Waals surface area contributed by atoms with Gasteiger partial charge in [-0.25, -0.2) is 0 Å². The van der Waals surface area contributed by atoms with E-state index in [2.05, 4.69) is 4.98 Å². The predicted molar refractivity (Wildman–Crippen MR) is 85.3 cm³/mol. The van der Waals surface area contributed by atoms with Crippen molar-refractivity contribution in [3.05, 3.63) is 22.5 Å². The number of ketones is 1. The minimum Gasteiger partial charge on any atom is -0.388 e.